The van der Waals surface area contributed by atoms with Crippen molar-refractivity contribution in [2.75, 3.05) is 0 Å². The third kappa shape index (κ3) is 2.74. The highest BCUT2D eigenvalue weighted by atomic mass is 35.5. The summed E-state index contributed by atoms with van der Waals surface area (Å²) in [6, 6.07) is 3.47. The summed E-state index contributed by atoms with van der Waals surface area (Å²) in [5.74, 6) is 0.309. The largest absolute Gasteiger partial charge is 0.382 e. The van der Waals surface area contributed by atoms with E-state index in [1.54, 1.807) is 24.5 Å². The Morgan fingerprint density at radius 1 is 1.45 bits per heavy atom. The fraction of sp³-hybridized carbons (Fsp3) is 0. The first-order chi connectivity index (χ1) is 4.84. The van der Waals surface area contributed by atoms with Gasteiger partial charge in [0.15, 0.2) is 0 Å². The van der Waals surface area contributed by atoms with Crippen LogP contribution in [0.25, 0.3) is 0 Å². The average Bonchev–Trinajstić information content (AvgIpc) is 2.05. The topological polar surface area (TPSA) is 51.3 Å². The van der Waals surface area contributed by atoms with Gasteiger partial charge in [-0.25, -0.2) is 0 Å². The van der Waals surface area contributed by atoms with E-state index in [0.29, 0.717) is 5.84 Å². The molecule has 0 aliphatic rings. The van der Waals surface area contributed by atoms with E-state index in [9.17, 15) is 0 Å². The summed E-state index contributed by atoms with van der Waals surface area (Å²) in [6.07, 6.45) is 3.26. The zero-order chi connectivity index (χ0) is 7.40. The Kier molecular flexibility index (Phi) is 4.57. The number of amidine groups is 1. The number of nitrogens with two attached hydrogens (primary N) is 1. The molecule has 2 N–H and O–H groups in total. The van der Waals surface area contributed by atoms with Crippen LogP contribution >= 0.6 is 24.2 Å². The van der Waals surface area contributed by atoms with Gasteiger partial charge in [-0.2, -0.15) is 4.51 Å². The quantitative estimate of drug-likeness (QED) is 0.539. The molecule has 5 heteroatoms. The minimum Gasteiger partial charge on any atom is -0.382 e. The Morgan fingerprint density at radius 3 is 2.45 bits per heavy atom. The minimum absolute atomic E-state index is 0. The van der Waals surface area contributed by atoms with Gasteiger partial charge in [0.05, 0.1) is 0 Å². The second-order valence-electron chi connectivity index (χ2n) is 1.71. The van der Waals surface area contributed by atoms with Gasteiger partial charge < -0.3 is 5.73 Å². The lowest BCUT2D eigenvalue weighted by atomic mass is 10.2. The summed E-state index contributed by atoms with van der Waals surface area (Å²) >= 11 is 5.13. The van der Waals surface area contributed by atoms with Crippen LogP contribution in [-0.2, 0) is 0 Å². The van der Waals surface area contributed by atoms with Crippen LogP contribution in [0.3, 0.4) is 0 Å². The highest BCUT2D eigenvalue weighted by Crippen LogP contribution is 1.95. The molecule has 1 rings (SSSR count). The van der Waals surface area contributed by atoms with Gasteiger partial charge in [0.25, 0.3) is 0 Å². The molecule has 0 atom stereocenters. The molecule has 0 amide bonds. The van der Waals surface area contributed by atoms with Gasteiger partial charge >= 0.3 is 0 Å². The zero-order valence-electron chi connectivity index (χ0n) is 5.57. The zero-order valence-corrected chi connectivity index (χ0v) is 7.14. The van der Waals surface area contributed by atoms with Gasteiger partial charge in [-0.05, 0) is 12.1 Å². The van der Waals surface area contributed by atoms with Crippen molar-refractivity contribution >= 4 is 30.0 Å². The van der Waals surface area contributed by atoms with E-state index in [4.69, 9.17) is 17.5 Å². The SMILES string of the molecule is Cl.NC(=NCl)c1ccncc1. The molecule has 0 aliphatic carbocycles. The monoisotopic (exact) mass is 191 g/mol. The Hall–Kier alpha value is -0.800. The van der Waals surface area contributed by atoms with Gasteiger partial charge in [0.1, 0.15) is 5.84 Å². The molecule has 11 heavy (non-hydrogen) atoms. The number of halogens is 2. The van der Waals surface area contributed by atoms with E-state index in [1.165, 1.54) is 0 Å². The lowest BCUT2D eigenvalue weighted by Crippen LogP contribution is -2.11. The fourth-order valence-corrected chi connectivity index (χ4v) is 0.669. The van der Waals surface area contributed by atoms with Crippen LogP contribution in [-0.4, -0.2) is 10.8 Å². The molecule has 1 aromatic heterocycles. The molecule has 3 nitrogen and oxygen atoms in total. The molecule has 0 spiro atoms. The van der Waals surface area contributed by atoms with Crippen molar-refractivity contribution in [3.05, 3.63) is 30.1 Å². The van der Waals surface area contributed by atoms with E-state index in [-0.39, 0.29) is 12.4 Å². The van der Waals surface area contributed by atoms with Gasteiger partial charge in [0, 0.05) is 29.7 Å². The van der Waals surface area contributed by atoms with Gasteiger partial charge in [-0.3, -0.25) is 4.98 Å². The van der Waals surface area contributed by atoms with E-state index in [1.807, 2.05) is 0 Å². The first-order valence-electron chi connectivity index (χ1n) is 2.69. The maximum Gasteiger partial charge on any atom is 0.145 e. The molecule has 0 saturated heterocycles. The first kappa shape index (κ1) is 10.2. The predicted molar refractivity (Wildman–Crippen MR) is 48.1 cm³/mol. The lowest BCUT2D eigenvalue weighted by molar-refractivity contribution is 1.32. The molecule has 0 unspecified atom stereocenters. The van der Waals surface area contributed by atoms with Crippen molar-refractivity contribution < 1.29 is 0 Å². The minimum atomic E-state index is 0. The maximum absolute atomic E-state index is 5.38. The van der Waals surface area contributed by atoms with Crippen LogP contribution in [0.15, 0.2) is 29.0 Å². The summed E-state index contributed by atoms with van der Waals surface area (Å²) in [7, 11) is 0. The van der Waals surface area contributed by atoms with E-state index in [2.05, 4.69) is 9.50 Å². The smallest absolute Gasteiger partial charge is 0.145 e. The molecular weight excluding hydrogens is 185 g/mol. The average molecular weight is 192 g/mol. The van der Waals surface area contributed by atoms with Crippen LogP contribution in [0.5, 0.6) is 0 Å². The second kappa shape index (κ2) is 4.93. The molecule has 60 valence electrons. The number of aromatic nitrogens is 1. The van der Waals surface area contributed by atoms with Crippen LogP contribution < -0.4 is 5.73 Å². The van der Waals surface area contributed by atoms with E-state index >= 15 is 0 Å². The third-order valence-electron chi connectivity index (χ3n) is 1.07. The predicted octanol–water partition coefficient (Wildman–Crippen LogP) is 1.36. The number of nitrogens with zero attached hydrogens (tertiary/aromatic N) is 2. The number of hydrogen-bond acceptors (Lipinski definition) is 2. The Morgan fingerprint density at radius 2 is 2.00 bits per heavy atom. The molecule has 0 aliphatic heterocycles. The van der Waals surface area contributed by atoms with Gasteiger partial charge in [-0.1, -0.05) is 0 Å². The number of rotatable bonds is 1. The summed E-state index contributed by atoms with van der Waals surface area (Å²) < 4.78 is 3.30. The maximum atomic E-state index is 5.38. The number of hydrogen-bond donors (Lipinski definition) is 1. The van der Waals surface area contributed by atoms with Crippen molar-refractivity contribution in [2.45, 2.75) is 0 Å². The first-order valence-corrected chi connectivity index (χ1v) is 3.03. The normalized spacial score (nSPS) is 10.5. The summed E-state index contributed by atoms with van der Waals surface area (Å²) in [5, 5.41) is 0. The van der Waals surface area contributed by atoms with Crippen molar-refractivity contribution in [2.24, 2.45) is 10.2 Å². The van der Waals surface area contributed by atoms with Gasteiger partial charge in [0.2, 0.25) is 0 Å². The Labute approximate surface area is 75.8 Å². The highest BCUT2D eigenvalue weighted by Gasteiger charge is 1.93. The molecule has 0 saturated carbocycles. The van der Waals surface area contributed by atoms with E-state index < -0.39 is 0 Å². The van der Waals surface area contributed by atoms with Crippen molar-refractivity contribution in [3.8, 4) is 0 Å². The molecular formula is C6H7Cl2N3. The van der Waals surface area contributed by atoms with Crippen LogP contribution in [0.2, 0.25) is 0 Å². The standard InChI is InChI=1S/C6H6ClN3.ClH/c7-10-6(8)5-1-3-9-4-2-5;/h1-4H,(H2,8,10);1H. The van der Waals surface area contributed by atoms with Crippen molar-refractivity contribution in [1.82, 2.24) is 4.98 Å². The third-order valence-corrected chi connectivity index (χ3v) is 1.25. The summed E-state index contributed by atoms with van der Waals surface area (Å²) in [6.45, 7) is 0. The molecule has 1 aromatic rings. The van der Waals surface area contributed by atoms with Gasteiger partial charge in [-0.15, -0.1) is 12.4 Å². The summed E-state index contributed by atoms with van der Waals surface area (Å²) in [4.78, 5) is 3.81. The fourth-order valence-electron chi connectivity index (χ4n) is 0.571. The molecule has 1 heterocycles. The van der Waals surface area contributed by atoms with Crippen molar-refractivity contribution in [1.29, 1.82) is 0 Å². The molecule has 0 fully saturated rings. The molecule has 0 aromatic carbocycles. The van der Waals surface area contributed by atoms with E-state index in [0.717, 1.165) is 5.56 Å². The Balaban J connectivity index is 0.000001000. The molecule has 0 radical (unpaired) electrons. The Bertz CT molecular complexity index is 235. The van der Waals surface area contributed by atoms with Crippen LogP contribution in [0.4, 0.5) is 0 Å². The van der Waals surface area contributed by atoms with Crippen molar-refractivity contribution in [3.63, 3.8) is 0 Å². The van der Waals surface area contributed by atoms with Crippen LogP contribution in [0.1, 0.15) is 5.56 Å². The van der Waals surface area contributed by atoms with Crippen LogP contribution in [0, 0.1) is 0 Å². The second-order valence-corrected chi connectivity index (χ2v) is 1.87. The highest BCUT2D eigenvalue weighted by molar-refractivity contribution is 6.22. The number of pyridine rings is 1. The summed E-state index contributed by atoms with van der Waals surface area (Å²) in [5.41, 5.74) is 6.17. The molecule has 0 bridgehead atoms. The lowest BCUT2D eigenvalue weighted by Gasteiger charge is -1.94.